The average Bonchev–Trinajstić information content (AvgIpc) is 2.74. The molecule has 2 aromatic rings. The van der Waals surface area contributed by atoms with Crippen molar-refractivity contribution in [1.82, 2.24) is 14.9 Å². The summed E-state index contributed by atoms with van der Waals surface area (Å²) in [5.41, 5.74) is 2.16. The molecule has 0 aliphatic carbocycles. The van der Waals surface area contributed by atoms with Gasteiger partial charge in [-0.15, -0.1) is 0 Å². The molecule has 0 aliphatic rings. The lowest BCUT2D eigenvalue weighted by Gasteiger charge is -2.12. The van der Waals surface area contributed by atoms with Gasteiger partial charge in [0.1, 0.15) is 5.82 Å². The van der Waals surface area contributed by atoms with Gasteiger partial charge in [0.05, 0.1) is 17.6 Å². The molecule has 1 unspecified atom stereocenters. The highest BCUT2D eigenvalue weighted by Gasteiger charge is 2.11. The number of hydrogen-bond donors (Lipinski definition) is 1. The fourth-order valence-electron chi connectivity index (χ4n) is 2.16. The summed E-state index contributed by atoms with van der Waals surface area (Å²) >= 11 is 6.09. The van der Waals surface area contributed by atoms with Crippen molar-refractivity contribution in [3.05, 3.63) is 29.0 Å². The predicted molar refractivity (Wildman–Crippen MR) is 81.6 cm³/mol. The smallest absolute Gasteiger partial charge is 0.123 e. The first-order valence-electron chi connectivity index (χ1n) is 7.03. The molecule has 104 valence electrons. The van der Waals surface area contributed by atoms with Crippen molar-refractivity contribution in [3.63, 3.8) is 0 Å². The highest BCUT2D eigenvalue weighted by atomic mass is 35.5. The Morgan fingerprint density at radius 2 is 2.16 bits per heavy atom. The minimum atomic E-state index is 0.512. The number of aromatic nitrogens is 2. The monoisotopic (exact) mass is 279 g/mol. The van der Waals surface area contributed by atoms with Gasteiger partial charge in [0.15, 0.2) is 0 Å². The van der Waals surface area contributed by atoms with Crippen LogP contribution in [0.3, 0.4) is 0 Å². The minimum absolute atomic E-state index is 0.512. The lowest BCUT2D eigenvalue weighted by Crippen LogP contribution is -2.26. The van der Waals surface area contributed by atoms with E-state index in [1.165, 1.54) is 0 Å². The fraction of sp³-hybridized carbons (Fsp3) is 0.533. The van der Waals surface area contributed by atoms with Crippen LogP contribution in [0, 0.1) is 0 Å². The summed E-state index contributed by atoms with van der Waals surface area (Å²) in [5.74, 6) is 1.10. The van der Waals surface area contributed by atoms with Crippen LogP contribution in [-0.2, 0) is 13.1 Å². The van der Waals surface area contributed by atoms with Crippen LogP contribution in [-0.4, -0.2) is 15.6 Å². The second-order valence-electron chi connectivity index (χ2n) is 5.00. The van der Waals surface area contributed by atoms with E-state index in [1.54, 1.807) is 0 Å². The molecular weight excluding hydrogens is 258 g/mol. The first-order chi connectivity index (χ1) is 9.15. The lowest BCUT2D eigenvalue weighted by molar-refractivity contribution is 0.508. The van der Waals surface area contributed by atoms with E-state index in [2.05, 4.69) is 30.7 Å². The highest BCUT2D eigenvalue weighted by Crippen LogP contribution is 2.21. The Labute approximate surface area is 120 Å². The molecular formula is C15H22ClN3. The fourth-order valence-corrected chi connectivity index (χ4v) is 2.33. The zero-order valence-electron chi connectivity index (χ0n) is 11.9. The van der Waals surface area contributed by atoms with Crippen LogP contribution in [0.1, 0.15) is 39.4 Å². The van der Waals surface area contributed by atoms with Crippen molar-refractivity contribution in [2.75, 3.05) is 0 Å². The molecule has 3 nitrogen and oxygen atoms in total. The Balaban J connectivity index is 2.33. The zero-order valence-corrected chi connectivity index (χ0v) is 12.7. The molecule has 1 aromatic carbocycles. The molecule has 1 atom stereocenters. The van der Waals surface area contributed by atoms with Gasteiger partial charge in [-0.25, -0.2) is 4.98 Å². The van der Waals surface area contributed by atoms with Crippen molar-refractivity contribution >= 4 is 22.6 Å². The predicted octanol–water partition coefficient (Wildman–Crippen LogP) is 3.99. The highest BCUT2D eigenvalue weighted by molar-refractivity contribution is 6.31. The van der Waals surface area contributed by atoms with E-state index >= 15 is 0 Å². The van der Waals surface area contributed by atoms with Gasteiger partial charge in [0.2, 0.25) is 0 Å². The molecule has 0 bridgehead atoms. The maximum absolute atomic E-state index is 6.09. The summed E-state index contributed by atoms with van der Waals surface area (Å²) in [6.45, 7) is 8.36. The van der Waals surface area contributed by atoms with Crippen LogP contribution >= 0.6 is 11.6 Å². The van der Waals surface area contributed by atoms with Crippen LogP contribution in [0.4, 0.5) is 0 Å². The van der Waals surface area contributed by atoms with Gasteiger partial charge in [0.25, 0.3) is 0 Å². The van der Waals surface area contributed by atoms with Crippen LogP contribution in [0.15, 0.2) is 18.2 Å². The Bertz CT molecular complexity index is 548. The van der Waals surface area contributed by atoms with E-state index < -0.39 is 0 Å². The number of nitrogens with one attached hydrogen (secondary N) is 1. The Morgan fingerprint density at radius 3 is 2.84 bits per heavy atom. The van der Waals surface area contributed by atoms with Crippen LogP contribution in [0.5, 0.6) is 0 Å². The third-order valence-corrected chi connectivity index (χ3v) is 3.69. The number of imidazole rings is 1. The van der Waals surface area contributed by atoms with E-state index in [9.17, 15) is 0 Å². The Hall–Kier alpha value is -1.06. The Kier molecular flexibility index (Phi) is 4.83. The largest absolute Gasteiger partial charge is 0.327 e. The number of benzene rings is 1. The SMILES string of the molecule is CCCn1c(CNC(C)CC)nc2ccc(Cl)cc21. The van der Waals surface area contributed by atoms with Gasteiger partial charge in [-0.3, -0.25) is 0 Å². The molecule has 2 rings (SSSR count). The maximum Gasteiger partial charge on any atom is 0.123 e. The van der Waals surface area contributed by atoms with Crippen molar-refractivity contribution in [3.8, 4) is 0 Å². The normalized spacial score (nSPS) is 13.1. The van der Waals surface area contributed by atoms with Gasteiger partial charge in [-0.05, 0) is 38.0 Å². The third kappa shape index (κ3) is 3.28. The quantitative estimate of drug-likeness (QED) is 0.866. The first-order valence-corrected chi connectivity index (χ1v) is 7.41. The molecule has 1 aromatic heterocycles. The summed E-state index contributed by atoms with van der Waals surface area (Å²) in [6, 6.07) is 6.42. The topological polar surface area (TPSA) is 29.9 Å². The molecule has 0 radical (unpaired) electrons. The molecule has 4 heteroatoms. The summed E-state index contributed by atoms with van der Waals surface area (Å²) < 4.78 is 2.27. The van der Waals surface area contributed by atoms with Gasteiger partial charge in [-0.2, -0.15) is 0 Å². The first kappa shape index (κ1) is 14.4. The Morgan fingerprint density at radius 1 is 1.37 bits per heavy atom. The van der Waals surface area contributed by atoms with E-state index in [1.807, 2.05) is 18.2 Å². The third-order valence-electron chi connectivity index (χ3n) is 3.46. The minimum Gasteiger partial charge on any atom is -0.327 e. The van der Waals surface area contributed by atoms with Gasteiger partial charge in [-0.1, -0.05) is 25.4 Å². The molecule has 0 aliphatic heterocycles. The number of rotatable bonds is 6. The molecule has 0 saturated carbocycles. The molecule has 19 heavy (non-hydrogen) atoms. The van der Waals surface area contributed by atoms with E-state index in [4.69, 9.17) is 16.6 Å². The van der Waals surface area contributed by atoms with Gasteiger partial charge < -0.3 is 9.88 Å². The number of hydrogen-bond acceptors (Lipinski definition) is 2. The number of nitrogens with zero attached hydrogens (tertiary/aromatic N) is 2. The second kappa shape index (κ2) is 6.40. The van der Waals surface area contributed by atoms with Gasteiger partial charge >= 0.3 is 0 Å². The molecule has 1 N–H and O–H groups in total. The molecule has 0 spiro atoms. The lowest BCUT2D eigenvalue weighted by atomic mass is 10.2. The summed E-state index contributed by atoms with van der Waals surface area (Å²) in [5, 5.41) is 4.28. The molecule has 1 heterocycles. The van der Waals surface area contributed by atoms with Crippen LogP contribution in [0.2, 0.25) is 5.02 Å². The second-order valence-corrected chi connectivity index (χ2v) is 5.44. The van der Waals surface area contributed by atoms with Crippen LogP contribution in [0.25, 0.3) is 11.0 Å². The zero-order chi connectivity index (χ0) is 13.8. The van der Waals surface area contributed by atoms with Crippen molar-refractivity contribution in [2.45, 2.75) is 52.7 Å². The number of halogens is 1. The number of fused-ring (bicyclic) bond motifs is 1. The summed E-state index contributed by atoms with van der Waals surface area (Å²) in [6.07, 6.45) is 2.22. The van der Waals surface area contributed by atoms with E-state index in [-0.39, 0.29) is 0 Å². The standard InChI is InChI=1S/C15H22ClN3/c1-4-8-19-14-9-12(16)6-7-13(14)18-15(19)10-17-11(3)5-2/h6-7,9,11,17H,4-5,8,10H2,1-3H3. The molecule has 0 fully saturated rings. The van der Waals surface area contributed by atoms with Crippen molar-refractivity contribution < 1.29 is 0 Å². The molecule has 0 saturated heterocycles. The maximum atomic E-state index is 6.09. The average molecular weight is 280 g/mol. The number of aryl methyl sites for hydroxylation is 1. The van der Waals surface area contributed by atoms with Gasteiger partial charge in [0, 0.05) is 17.6 Å². The van der Waals surface area contributed by atoms with E-state index in [0.717, 1.165) is 47.8 Å². The van der Waals surface area contributed by atoms with Crippen molar-refractivity contribution in [1.29, 1.82) is 0 Å². The van der Waals surface area contributed by atoms with Crippen LogP contribution < -0.4 is 5.32 Å². The molecule has 0 amide bonds. The summed E-state index contributed by atoms with van der Waals surface area (Å²) in [4.78, 5) is 4.72. The summed E-state index contributed by atoms with van der Waals surface area (Å²) in [7, 11) is 0. The van der Waals surface area contributed by atoms with E-state index in [0.29, 0.717) is 6.04 Å². The van der Waals surface area contributed by atoms with Crippen molar-refractivity contribution in [2.24, 2.45) is 0 Å².